The average Bonchev–Trinajstić information content (AvgIpc) is 3.35. The van der Waals surface area contributed by atoms with Gasteiger partial charge in [0.25, 0.3) is 0 Å². The fourth-order valence-electron chi connectivity index (χ4n) is 3.54. The van der Waals surface area contributed by atoms with Gasteiger partial charge in [0.15, 0.2) is 0 Å². The van der Waals surface area contributed by atoms with Crippen molar-refractivity contribution in [3.05, 3.63) is 53.9 Å². The molecule has 2 nitrogen and oxygen atoms in total. The summed E-state index contributed by atoms with van der Waals surface area (Å²) in [5.74, 6) is 0. The normalized spacial score (nSPS) is 12.5. The van der Waals surface area contributed by atoms with Gasteiger partial charge in [0.1, 0.15) is 4.83 Å². The summed E-state index contributed by atoms with van der Waals surface area (Å²) in [7, 11) is -1.03. The highest BCUT2D eigenvalue weighted by molar-refractivity contribution is 7.29. The minimum Gasteiger partial charge on any atom is -0.398 e. The summed E-state index contributed by atoms with van der Waals surface area (Å²) >= 11 is 3.57. The van der Waals surface area contributed by atoms with Crippen LogP contribution in [0.5, 0.6) is 0 Å². The molecule has 1 unspecified atom stereocenters. The Labute approximate surface area is 170 Å². The molecule has 27 heavy (non-hydrogen) atoms. The van der Waals surface area contributed by atoms with Gasteiger partial charge in [0, 0.05) is 9.89 Å². The largest absolute Gasteiger partial charge is 0.398 e. The van der Waals surface area contributed by atoms with Gasteiger partial charge in [-0.3, -0.25) is 0 Å². The number of rotatable bonds is 6. The number of hydrogen-bond donors (Lipinski definition) is 1. The van der Waals surface area contributed by atoms with Crippen molar-refractivity contribution in [3.63, 3.8) is 0 Å². The Bertz CT molecular complexity index is 1040. The van der Waals surface area contributed by atoms with Gasteiger partial charge in [0.05, 0.1) is 25.1 Å². The zero-order valence-corrected chi connectivity index (χ0v) is 18.5. The smallest absolute Gasteiger partial charge is 0.126 e. The van der Waals surface area contributed by atoms with Crippen LogP contribution in [0.3, 0.4) is 0 Å². The zero-order chi connectivity index (χ0) is 18.8. The van der Waals surface area contributed by atoms with Gasteiger partial charge in [-0.1, -0.05) is 68.8 Å². The Hall–Kier alpha value is -1.95. The Kier molecular flexibility index (Phi) is 5.43. The van der Waals surface area contributed by atoms with Crippen LogP contribution in [-0.4, -0.2) is 13.8 Å². The number of unbranched alkanes of at least 4 members (excludes halogenated alkanes) is 1. The first-order chi connectivity index (χ1) is 13.2. The van der Waals surface area contributed by atoms with Gasteiger partial charge in [0.2, 0.25) is 0 Å². The van der Waals surface area contributed by atoms with Crippen molar-refractivity contribution in [2.75, 3.05) is 5.73 Å². The predicted octanol–water partition coefficient (Wildman–Crippen LogP) is 6.14. The third-order valence-corrected chi connectivity index (χ3v) is 10.9. The fraction of sp³-hybridized carbons (Fsp3) is 0.227. The second-order valence-corrected chi connectivity index (χ2v) is 12.4. The van der Waals surface area contributed by atoms with Crippen LogP contribution in [0, 0.1) is 0 Å². The number of anilines is 1. The molecule has 0 bridgehead atoms. The molecule has 138 valence electrons. The van der Waals surface area contributed by atoms with E-state index in [1.807, 2.05) is 11.3 Å². The van der Waals surface area contributed by atoms with Gasteiger partial charge in [-0.05, 0) is 28.6 Å². The second kappa shape index (κ2) is 7.96. The molecule has 2 N–H and O–H groups in total. The van der Waals surface area contributed by atoms with Crippen molar-refractivity contribution in [1.29, 1.82) is 0 Å². The molecule has 0 aliphatic rings. The molecule has 3 aromatic heterocycles. The molecule has 1 atom stereocenters. The van der Waals surface area contributed by atoms with E-state index in [2.05, 4.69) is 67.4 Å². The number of hydrogen-bond acceptors (Lipinski definition) is 4. The predicted molar refractivity (Wildman–Crippen MR) is 125 cm³/mol. The molecule has 0 amide bonds. The van der Waals surface area contributed by atoms with Crippen LogP contribution in [0.1, 0.15) is 19.8 Å². The number of nitrogens with two attached hydrogens (primary N) is 1. The van der Waals surface area contributed by atoms with E-state index in [9.17, 15) is 0 Å². The number of fused-ring (bicyclic) bond motifs is 1. The number of aromatic nitrogens is 1. The summed E-state index contributed by atoms with van der Waals surface area (Å²) in [5.41, 5.74) is 11.2. The number of pyridine rings is 1. The van der Waals surface area contributed by atoms with Gasteiger partial charge >= 0.3 is 0 Å². The molecule has 4 rings (SSSR count). The minimum absolute atomic E-state index is 0.981. The molecule has 5 heteroatoms. The van der Waals surface area contributed by atoms with Gasteiger partial charge in [-0.15, -0.1) is 22.7 Å². The summed E-state index contributed by atoms with van der Waals surface area (Å²) in [6, 6.07) is 18.3. The van der Waals surface area contributed by atoms with E-state index in [0.29, 0.717) is 0 Å². The Morgan fingerprint density at radius 2 is 1.93 bits per heavy atom. The van der Waals surface area contributed by atoms with E-state index in [-0.39, 0.29) is 0 Å². The number of benzene rings is 1. The first kappa shape index (κ1) is 18.4. The molecule has 4 aromatic rings. The first-order valence-electron chi connectivity index (χ1n) is 9.51. The van der Waals surface area contributed by atoms with Crippen molar-refractivity contribution in [3.8, 4) is 21.7 Å². The Balaban J connectivity index is 1.93. The van der Waals surface area contributed by atoms with Crippen LogP contribution < -0.4 is 10.2 Å². The fourth-order valence-corrected chi connectivity index (χ4v) is 8.57. The van der Waals surface area contributed by atoms with Crippen molar-refractivity contribution in [1.82, 2.24) is 4.98 Å². The van der Waals surface area contributed by atoms with Gasteiger partial charge in [-0.2, -0.15) is 0 Å². The van der Waals surface area contributed by atoms with E-state index >= 15 is 0 Å². The quantitative estimate of drug-likeness (QED) is 0.389. The highest BCUT2D eigenvalue weighted by atomic mass is 32.1. The van der Waals surface area contributed by atoms with E-state index < -0.39 is 8.80 Å². The molecule has 3 heterocycles. The molecule has 0 spiro atoms. The monoisotopic (exact) mass is 408 g/mol. The lowest BCUT2D eigenvalue weighted by Gasteiger charge is -2.09. The van der Waals surface area contributed by atoms with E-state index in [4.69, 9.17) is 10.7 Å². The summed E-state index contributed by atoms with van der Waals surface area (Å²) < 4.78 is 1.42. The van der Waals surface area contributed by atoms with Crippen LogP contribution >= 0.6 is 22.7 Å². The molecule has 0 saturated carbocycles. The third kappa shape index (κ3) is 3.59. The van der Waals surface area contributed by atoms with E-state index in [1.54, 1.807) is 11.3 Å². The maximum Gasteiger partial charge on any atom is 0.126 e. The summed E-state index contributed by atoms with van der Waals surface area (Å²) in [6.07, 6.45) is 2.54. The minimum atomic E-state index is -1.03. The van der Waals surface area contributed by atoms with Crippen molar-refractivity contribution in [2.24, 2.45) is 0 Å². The molecular formula is C22H24N2S2Si. The van der Waals surface area contributed by atoms with Crippen LogP contribution in [0.2, 0.25) is 12.6 Å². The lowest BCUT2D eigenvalue weighted by molar-refractivity contribution is 0.877. The van der Waals surface area contributed by atoms with Crippen LogP contribution in [0.4, 0.5) is 5.69 Å². The van der Waals surface area contributed by atoms with E-state index in [1.165, 1.54) is 39.4 Å². The highest BCUT2D eigenvalue weighted by Gasteiger charge is 2.21. The molecular weight excluding hydrogens is 384 g/mol. The number of nitrogens with zero attached hydrogens (tertiary/aromatic N) is 1. The maximum atomic E-state index is 6.73. The lowest BCUT2D eigenvalue weighted by Crippen LogP contribution is -2.25. The van der Waals surface area contributed by atoms with Gasteiger partial charge in [-0.25, -0.2) is 4.98 Å². The second-order valence-electron chi connectivity index (χ2n) is 7.00. The molecule has 1 aromatic carbocycles. The summed E-state index contributed by atoms with van der Waals surface area (Å²) in [6.45, 7) is 4.69. The summed E-state index contributed by atoms with van der Waals surface area (Å²) in [5, 5.41) is 3.26. The number of nitrogen functional groups attached to an aromatic ring is 1. The van der Waals surface area contributed by atoms with Crippen molar-refractivity contribution < 1.29 is 0 Å². The van der Waals surface area contributed by atoms with Crippen LogP contribution in [0.25, 0.3) is 31.9 Å². The van der Waals surface area contributed by atoms with Crippen LogP contribution in [-0.2, 0) is 0 Å². The Morgan fingerprint density at radius 3 is 2.63 bits per heavy atom. The Morgan fingerprint density at radius 1 is 1.11 bits per heavy atom. The number of thiophene rings is 2. The summed E-state index contributed by atoms with van der Waals surface area (Å²) in [4.78, 5) is 7.31. The standard InChI is InChI=1S/C22H24N2S2Si/c1-3-4-13-27(2)22-20(23)19-16(15-9-6-5-7-10-15)14-17(24-21(19)26-22)18-11-8-12-25-18/h5-12,14,27H,3-4,13,23H2,1-2H3. The SMILES string of the molecule is CCCC[SiH](C)c1sc2nc(-c3cccs3)cc(-c3ccccc3)c2c1N. The van der Waals surface area contributed by atoms with Crippen molar-refractivity contribution >= 4 is 51.9 Å². The van der Waals surface area contributed by atoms with Crippen LogP contribution in [0.15, 0.2) is 53.9 Å². The lowest BCUT2D eigenvalue weighted by atomic mass is 10.0. The molecule has 0 aliphatic carbocycles. The highest BCUT2D eigenvalue weighted by Crippen LogP contribution is 2.38. The third-order valence-electron chi connectivity index (χ3n) is 5.02. The maximum absolute atomic E-state index is 6.73. The van der Waals surface area contributed by atoms with Crippen molar-refractivity contribution in [2.45, 2.75) is 32.4 Å². The zero-order valence-electron chi connectivity index (χ0n) is 15.7. The van der Waals surface area contributed by atoms with E-state index in [0.717, 1.165) is 21.6 Å². The average molecular weight is 409 g/mol. The topological polar surface area (TPSA) is 38.9 Å². The molecule has 0 saturated heterocycles. The first-order valence-corrected chi connectivity index (χ1v) is 13.8. The molecule has 0 radical (unpaired) electrons. The molecule has 0 fully saturated rings. The molecule has 0 aliphatic heterocycles. The van der Waals surface area contributed by atoms with Gasteiger partial charge < -0.3 is 5.73 Å².